The largest absolute Gasteiger partial charge is 0.355 e. The third-order valence-corrected chi connectivity index (χ3v) is 1.41. The Morgan fingerprint density at radius 3 is 2.50 bits per heavy atom. The van der Waals surface area contributed by atoms with Gasteiger partial charge in [-0.2, -0.15) is 0 Å². The normalized spacial score (nSPS) is 9.86. The number of likely N-dealkylation sites (N-methyl/N-ethyl adjacent to an activating group) is 1. The molecular weight excluding hydrogens is 184 g/mol. The molecule has 0 spiro atoms. The zero-order valence-electron chi connectivity index (χ0n) is 8.32. The van der Waals surface area contributed by atoms with Crippen molar-refractivity contribution in [2.45, 2.75) is 13.8 Å². The van der Waals surface area contributed by atoms with Crippen molar-refractivity contribution in [2.24, 2.45) is 0 Å². The quantitative estimate of drug-likeness (QED) is 0.486. The molecule has 1 N–H and O–H groups in total. The van der Waals surface area contributed by atoms with E-state index in [1.165, 1.54) is 12.2 Å². The molecule has 0 unspecified atom stereocenters. The van der Waals surface area contributed by atoms with Gasteiger partial charge in [0.25, 0.3) is 5.91 Å². The van der Waals surface area contributed by atoms with Gasteiger partial charge in [-0.15, -0.1) is 0 Å². The van der Waals surface area contributed by atoms with E-state index in [0.29, 0.717) is 13.0 Å². The Morgan fingerprint density at radius 1 is 1.43 bits per heavy atom. The summed E-state index contributed by atoms with van der Waals surface area (Å²) in [7, 11) is 0. The lowest BCUT2D eigenvalue weighted by Crippen LogP contribution is -2.39. The Kier molecular flexibility index (Phi) is 6.02. The van der Waals surface area contributed by atoms with Gasteiger partial charge in [0.15, 0.2) is 0 Å². The van der Waals surface area contributed by atoms with Gasteiger partial charge in [0.05, 0.1) is 0 Å². The molecule has 0 aliphatic rings. The minimum absolute atomic E-state index is 0.236. The first-order valence-electron chi connectivity index (χ1n) is 4.31. The molecule has 0 aromatic heterocycles. The molecule has 0 aliphatic carbocycles. The highest BCUT2D eigenvalue weighted by atomic mass is 16.2. The molecule has 78 valence electrons. The SMILES string of the molecule is C/C=C\C(=O)N(C=O)CC(=O)NCC. The predicted octanol–water partition coefficient (Wildman–Crippen LogP) is -0.316. The molecule has 14 heavy (non-hydrogen) atoms. The minimum Gasteiger partial charge on any atom is -0.355 e. The van der Waals surface area contributed by atoms with Gasteiger partial charge in [-0.1, -0.05) is 6.08 Å². The van der Waals surface area contributed by atoms with Crippen LogP contribution in [0.4, 0.5) is 0 Å². The molecule has 0 aromatic rings. The minimum atomic E-state index is -0.492. The summed E-state index contributed by atoms with van der Waals surface area (Å²) in [5.41, 5.74) is 0. The van der Waals surface area contributed by atoms with Crippen molar-refractivity contribution in [1.29, 1.82) is 0 Å². The third-order valence-electron chi connectivity index (χ3n) is 1.41. The van der Waals surface area contributed by atoms with Crippen LogP contribution in [0.15, 0.2) is 12.2 Å². The fourth-order valence-electron chi connectivity index (χ4n) is 0.813. The van der Waals surface area contributed by atoms with Crippen LogP contribution in [0.25, 0.3) is 0 Å². The standard InChI is InChI=1S/C9H14N2O3/c1-3-5-9(14)11(7-12)6-8(13)10-4-2/h3,5,7H,4,6H2,1-2H3,(H,10,13)/b5-3-. The van der Waals surface area contributed by atoms with Crippen molar-refractivity contribution < 1.29 is 14.4 Å². The van der Waals surface area contributed by atoms with Crippen molar-refractivity contribution >= 4 is 18.2 Å². The first kappa shape index (κ1) is 12.3. The first-order chi connectivity index (χ1) is 6.65. The van der Waals surface area contributed by atoms with Gasteiger partial charge in [0, 0.05) is 6.54 Å². The fourth-order valence-corrected chi connectivity index (χ4v) is 0.813. The van der Waals surface area contributed by atoms with Gasteiger partial charge in [-0.3, -0.25) is 19.3 Å². The highest BCUT2D eigenvalue weighted by Gasteiger charge is 2.12. The average molecular weight is 198 g/mol. The Bertz CT molecular complexity index is 248. The highest BCUT2D eigenvalue weighted by molar-refractivity contribution is 5.97. The Labute approximate surface area is 82.8 Å². The van der Waals surface area contributed by atoms with Crippen LogP contribution in [0.2, 0.25) is 0 Å². The molecule has 3 amide bonds. The van der Waals surface area contributed by atoms with E-state index in [-0.39, 0.29) is 12.5 Å². The monoisotopic (exact) mass is 198 g/mol. The molecule has 0 radical (unpaired) electrons. The molecule has 0 rings (SSSR count). The molecule has 5 heteroatoms. The number of hydrogen-bond donors (Lipinski definition) is 1. The number of rotatable bonds is 5. The topological polar surface area (TPSA) is 66.5 Å². The summed E-state index contributed by atoms with van der Waals surface area (Å²) in [5.74, 6) is -0.841. The summed E-state index contributed by atoms with van der Waals surface area (Å²) >= 11 is 0. The van der Waals surface area contributed by atoms with Crippen LogP contribution in [-0.2, 0) is 14.4 Å². The number of amides is 3. The smallest absolute Gasteiger partial charge is 0.253 e. The zero-order valence-corrected chi connectivity index (χ0v) is 8.32. The summed E-state index contributed by atoms with van der Waals surface area (Å²) < 4.78 is 0. The van der Waals surface area contributed by atoms with E-state index >= 15 is 0 Å². The van der Waals surface area contributed by atoms with Crippen molar-refractivity contribution in [2.75, 3.05) is 13.1 Å². The number of imide groups is 1. The van der Waals surface area contributed by atoms with Crippen LogP contribution in [0.1, 0.15) is 13.8 Å². The molecule has 5 nitrogen and oxygen atoms in total. The zero-order chi connectivity index (χ0) is 11.0. The van der Waals surface area contributed by atoms with E-state index in [0.717, 1.165) is 4.90 Å². The van der Waals surface area contributed by atoms with Crippen molar-refractivity contribution in [1.82, 2.24) is 10.2 Å². The summed E-state index contributed by atoms with van der Waals surface area (Å²) in [6, 6.07) is 0. The predicted molar refractivity (Wildman–Crippen MR) is 51.3 cm³/mol. The van der Waals surface area contributed by atoms with E-state index in [9.17, 15) is 14.4 Å². The number of carbonyl (C=O) groups excluding carboxylic acids is 3. The van der Waals surface area contributed by atoms with Gasteiger partial charge in [-0.25, -0.2) is 0 Å². The lowest BCUT2D eigenvalue weighted by atomic mass is 10.4. The summed E-state index contributed by atoms with van der Waals surface area (Å²) in [6.07, 6.45) is 3.09. The van der Waals surface area contributed by atoms with E-state index in [1.807, 2.05) is 0 Å². The molecular formula is C9H14N2O3. The number of nitrogens with zero attached hydrogens (tertiary/aromatic N) is 1. The fraction of sp³-hybridized carbons (Fsp3) is 0.444. The highest BCUT2D eigenvalue weighted by Crippen LogP contribution is 1.87. The summed E-state index contributed by atoms with van der Waals surface area (Å²) in [4.78, 5) is 33.4. The maximum Gasteiger partial charge on any atom is 0.253 e. The maximum absolute atomic E-state index is 11.1. The lowest BCUT2D eigenvalue weighted by molar-refractivity contribution is -0.139. The van der Waals surface area contributed by atoms with Crippen LogP contribution in [0, 0.1) is 0 Å². The number of allylic oxidation sites excluding steroid dienone is 1. The van der Waals surface area contributed by atoms with E-state index in [1.54, 1.807) is 13.8 Å². The molecule has 0 fully saturated rings. The van der Waals surface area contributed by atoms with Gasteiger partial charge >= 0.3 is 0 Å². The second-order valence-corrected chi connectivity index (χ2v) is 2.53. The average Bonchev–Trinajstić information content (AvgIpc) is 2.15. The Hall–Kier alpha value is -1.65. The van der Waals surface area contributed by atoms with Crippen molar-refractivity contribution in [3.8, 4) is 0 Å². The van der Waals surface area contributed by atoms with Crippen LogP contribution in [-0.4, -0.2) is 36.2 Å². The molecule has 0 atom stereocenters. The second kappa shape index (κ2) is 6.82. The third kappa shape index (κ3) is 4.39. The molecule has 0 saturated heterocycles. The van der Waals surface area contributed by atoms with Crippen LogP contribution < -0.4 is 5.32 Å². The number of nitrogens with one attached hydrogen (secondary N) is 1. The van der Waals surface area contributed by atoms with E-state index in [4.69, 9.17) is 0 Å². The van der Waals surface area contributed by atoms with Crippen LogP contribution in [0.5, 0.6) is 0 Å². The summed E-state index contributed by atoms with van der Waals surface area (Å²) in [5, 5.41) is 2.49. The Morgan fingerprint density at radius 2 is 2.07 bits per heavy atom. The summed E-state index contributed by atoms with van der Waals surface area (Å²) in [6.45, 7) is 3.66. The van der Waals surface area contributed by atoms with Gasteiger partial charge in [0.1, 0.15) is 6.54 Å². The maximum atomic E-state index is 11.1. The van der Waals surface area contributed by atoms with Gasteiger partial charge < -0.3 is 5.32 Å². The van der Waals surface area contributed by atoms with Crippen molar-refractivity contribution in [3.05, 3.63) is 12.2 Å². The van der Waals surface area contributed by atoms with E-state index in [2.05, 4.69) is 5.32 Å². The van der Waals surface area contributed by atoms with Crippen LogP contribution in [0.3, 0.4) is 0 Å². The van der Waals surface area contributed by atoms with Gasteiger partial charge in [-0.05, 0) is 19.9 Å². The molecule has 0 aliphatic heterocycles. The molecule has 0 aromatic carbocycles. The number of hydrogen-bond acceptors (Lipinski definition) is 3. The number of carbonyl (C=O) groups is 3. The van der Waals surface area contributed by atoms with Crippen molar-refractivity contribution in [3.63, 3.8) is 0 Å². The molecule has 0 bridgehead atoms. The lowest BCUT2D eigenvalue weighted by Gasteiger charge is -2.12. The molecule has 0 heterocycles. The van der Waals surface area contributed by atoms with E-state index < -0.39 is 5.91 Å². The Balaban J connectivity index is 4.21. The van der Waals surface area contributed by atoms with Crippen LogP contribution >= 0.6 is 0 Å². The second-order valence-electron chi connectivity index (χ2n) is 2.53. The molecule has 0 saturated carbocycles. The first-order valence-corrected chi connectivity index (χ1v) is 4.31. The van der Waals surface area contributed by atoms with Gasteiger partial charge in [0.2, 0.25) is 12.3 Å².